The van der Waals surface area contributed by atoms with Crippen LogP contribution >= 0.6 is 0 Å². The molecular formula is C24H29NO5. The average molecular weight is 411 g/mol. The van der Waals surface area contributed by atoms with Gasteiger partial charge >= 0.3 is 12.1 Å². The Kier molecular flexibility index (Phi) is 6.98. The number of hydrogen-bond donors (Lipinski definition) is 0. The summed E-state index contributed by atoms with van der Waals surface area (Å²) >= 11 is 0. The molecule has 0 aliphatic carbocycles. The van der Waals surface area contributed by atoms with Crippen LogP contribution in [0.25, 0.3) is 0 Å². The lowest BCUT2D eigenvalue weighted by atomic mass is 10.0. The molecule has 0 saturated carbocycles. The molecule has 6 heteroatoms. The number of piperidine rings is 1. The summed E-state index contributed by atoms with van der Waals surface area (Å²) in [6.07, 6.45) is 1.83. The normalized spacial score (nSPS) is 16.6. The molecule has 1 aliphatic rings. The number of carbonyl (C=O) groups is 2. The Labute approximate surface area is 177 Å². The van der Waals surface area contributed by atoms with Gasteiger partial charge in [-0.3, -0.25) is 4.90 Å². The van der Waals surface area contributed by atoms with Crippen molar-refractivity contribution in [1.82, 2.24) is 4.90 Å². The molecule has 1 saturated heterocycles. The summed E-state index contributed by atoms with van der Waals surface area (Å²) in [4.78, 5) is 26.7. The van der Waals surface area contributed by atoms with Crippen molar-refractivity contribution in [3.63, 3.8) is 0 Å². The highest BCUT2D eigenvalue weighted by Gasteiger charge is 2.35. The van der Waals surface area contributed by atoms with Crippen molar-refractivity contribution in [3.05, 3.63) is 60.2 Å². The second kappa shape index (κ2) is 9.65. The molecule has 2 aromatic rings. The standard InChI is InChI=1S/C24H29NO5/c1-24(2,3)30-23(27)25-15-8-7-14-21(25)22(26)28-17-18-10-9-13-20(16-18)29-19-11-5-4-6-12-19/h4-6,9-13,16,21H,7-8,14-15,17H2,1-3H3/t21-/m0/s1. The Morgan fingerprint density at radius 3 is 2.47 bits per heavy atom. The summed E-state index contributed by atoms with van der Waals surface area (Å²) in [6.45, 7) is 6.05. The fourth-order valence-electron chi connectivity index (χ4n) is 3.29. The van der Waals surface area contributed by atoms with Gasteiger partial charge in [0.25, 0.3) is 0 Å². The van der Waals surface area contributed by atoms with Crippen molar-refractivity contribution in [3.8, 4) is 11.5 Å². The van der Waals surface area contributed by atoms with E-state index < -0.39 is 23.7 Å². The zero-order valence-corrected chi connectivity index (χ0v) is 17.8. The average Bonchev–Trinajstić information content (AvgIpc) is 2.72. The molecule has 0 spiro atoms. The van der Waals surface area contributed by atoms with Gasteiger partial charge < -0.3 is 14.2 Å². The molecule has 1 heterocycles. The first-order valence-corrected chi connectivity index (χ1v) is 10.3. The SMILES string of the molecule is CC(C)(C)OC(=O)N1CCCC[C@H]1C(=O)OCc1cccc(Oc2ccccc2)c1. The van der Waals surface area contributed by atoms with E-state index in [1.54, 1.807) is 0 Å². The van der Waals surface area contributed by atoms with Crippen LogP contribution in [0.2, 0.25) is 0 Å². The quantitative estimate of drug-likeness (QED) is 0.624. The van der Waals surface area contributed by atoms with Gasteiger partial charge in [0.15, 0.2) is 0 Å². The Morgan fingerprint density at radius 2 is 1.73 bits per heavy atom. The molecule has 1 aliphatic heterocycles. The fourth-order valence-corrected chi connectivity index (χ4v) is 3.29. The number of carbonyl (C=O) groups excluding carboxylic acids is 2. The summed E-state index contributed by atoms with van der Waals surface area (Å²) in [7, 11) is 0. The Balaban J connectivity index is 1.60. The van der Waals surface area contributed by atoms with E-state index in [0.717, 1.165) is 24.2 Å². The van der Waals surface area contributed by atoms with Crippen molar-refractivity contribution in [2.24, 2.45) is 0 Å². The van der Waals surface area contributed by atoms with Gasteiger partial charge in [0, 0.05) is 6.54 Å². The third-order valence-corrected chi connectivity index (χ3v) is 4.66. The maximum Gasteiger partial charge on any atom is 0.411 e. The molecule has 0 N–H and O–H groups in total. The highest BCUT2D eigenvalue weighted by atomic mass is 16.6. The van der Waals surface area contributed by atoms with Gasteiger partial charge in [-0.25, -0.2) is 9.59 Å². The molecule has 1 atom stereocenters. The predicted molar refractivity (Wildman–Crippen MR) is 113 cm³/mol. The van der Waals surface area contributed by atoms with Gasteiger partial charge in [0.05, 0.1) is 0 Å². The van der Waals surface area contributed by atoms with Crippen LogP contribution in [0.15, 0.2) is 54.6 Å². The van der Waals surface area contributed by atoms with Crippen molar-refractivity contribution >= 4 is 12.1 Å². The zero-order valence-electron chi connectivity index (χ0n) is 17.8. The van der Waals surface area contributed by atoms with Crippen LogP contribution in [0.3, 0.4) is 0 Å². The first-order chi connectivity index (χ1) is 14.3. The number of rotatable bonds is 5. The summed E-state index contributed by atoms with van der Waals surface area (Å²) in [5.41, 5.74) is 0.207. The third-order valence-electron chi connectivity index (χ3n) is 4.66. The highest BCUT2D eigenvalue weighted by Crippen LogP contribution is 2.24. The lowest BCUT2D eigenvalue weighted by Crippen LogP contribution is -2.50. The minimum atomic E-state index is -0.614. The number of ether oxygens (including phenoxy) is 3. The van der Waals surface area contributed by atoms with Crippen molar-refractivity contribution in [2.45, 2.75) is 58.3 Å². The van der Waals surface area contributed by atoms with Gasteiger partial charge in [-0.1, -0.05) is 30.3 Å². The molecule has 0 radical (unpaired) electrons. The van der Waals surface area contributed by atoms with E-state index >= 15 is 0 Å². The van der Waals surface area contributed by atoms with Gasteiger partial charge in [0.2, 0.25) is 0 Å². The van der Waals surface area contributed by atoms with Crippen molar-refractivity contribution < 1.29 is 23.8 Å². The van der Waals surface area contributed by atoms with Crippen LogP contribution in [-0.2, 0) is 20.9 Å². The Hall–Kier alpha value is -3.02. The predicted octanol–water partition coefficient (Wildman–Crippen LogP) is 5.31. The summed E-state index contributed by atoms with van der Waals surface area (Å²) in [5.74, 6) is 1.000. The Morgan fingerprint density at radius 1 is 1.00 bits per heavy atom. The van der Waals surface area contributed by atoms with Crippen molar-refractivity contribution in [1.29, 1.82) is 0 Å². The van der Waals surface area contributed by atoms with Crippen LogP contribution in [-0.4, -0.2) is 35.2 Å². The highest BCUT2D eigenvalue weighted by molar-refractivity contribution is 5.81. The van der Waals surface area contributed by atoms with E-state index in [2.05, 4.69) is 0 Å². The fraction of sp³-hybridized carbons (Fsp3) is 0.417. The second-order valence-corrected chi connectivity index (χ2v) is 8.36. The third kappa shape index (κ3) is 6.24. The molecule has 3 rings (SSSR count). The molecule has 0 unspecified atom stereocenters. The smallest absolute Gasteiger partial charge is 0.411 e. The van der Waals surface area contributed by atoms with Crippen LogP contribution in [0.1, 0.15) is 45.6 Å². The molecular weight excluding hydrogens is 382 g/mol. The second-order valence-electron chi connectivity index (χ2n) is 8.36. The maximum atomic E-state index is 12.7. The number of hydrogen-bond acceptors (Lipinski definition) is 5. The topological polar surface area (TPSA) is 65.1 Å². The number of esters is 1. The van der Waals surface area contributed by atoms with Crippen LogP contribution in [0.4, 0.5) is 4.79 Å². The first kappa shape index (κ1) is 21.7. The number of benzene rings is 2. The maximum absolute atomic E-state index is 12.7. The summed E-state index contributed by atoms with van der Waals surface area (Å²) in [6, 6.07) is 16.3. The Bertz CT molecular complexity index is 859. The molecule has 1 amide bonds. The van der Waals surface area contributed by atoms with E-state index in [1.807, 2.05) is 75.4 Å². The monoisotopic (exact) mass is 411 g/mol. The lowest BCUT2D eigenvalue weighted by molar-refractivity contribution is -0.152. The van der Waals surface area contributed by atoms with Gasteiger partial charge in [-0.2, -0.15) is 0 Å². The minimum absolute atomic E-state index is 0.115. The molecule has 1 fully saturated rings. The van der Waals surface area contributed by atoms with Crippen molar-refractivity contribution in [2.75, 3.05) is 6.54 Å². The molecule has 160 valence electrons. The van der Waals surface area contributed by atoms with E-state index in [4.69, 9.17) is 14.2 Å². The number of nitrogens with zero attached hydrogens (tertiary/aromatic N) is 1. The van der Waals surface area contributed by atoms with Crippen LogP contribution in [0, 0.1) is 0 Å². The molecule has 30 heavy (non-hydrogen) atoms. The molecule has 0 aromatic heterocycles. The lowest BCUT2D eigenvalue weighted by Gasteiger charge is -2.35. The molecule has 0 bridgehead atoms. The molecule has 2 aromatic carbocycles. The first-order valence-electron chi connectivity index (χ1n) is 10.3. The number of para-hydroxylation sites is 1. The van der Waals surface area contributed by atoms with Crippen LogP contribution < -0.4 is 4.74 Å². The zero-order chi connectivity index (χ0) is 21.6. The van der Waals surface area contributed by atoms with E-state index in [9.17, 15) is 9.59 Å². The minimum Gasteiger partial charge on any atom is -0.459 e. The van der Waals surface area contributed by atoms with E-state index in [-0.39, 0.29) is 6.61 Å². The van der Waals surface area contributed by atoms with Gasteiger partial charge in [-0.05, 0) is 69.9 Å². The van der Waals surface area contributed by atoms with Crippen LogP contribution in [0.5, 0.6) is 11.5 Å². The van der Waals surface area contributed by atoms with E-state index in [0.29, 0.717) is 18.7 Å². The number of likely N-dealkylation sites (tertiary alicyclic amines) is 1. The van der Waals surface area contributed by atoms with E-state index in [1.165, 1.54) is 4.90 Å². The summed E-state index contributed by atoms with van der Waals surface area (Å²) in [5, 5.41) is 0. The number of amides is 1. The largest absolute Gasteiger partial charge is 0.459 e. The van der Waals surface area contributed by atoms with Gasteiger partial charge in [0.1, 0.15) is 29.7 Å². The summed E-state index contributed by atoms with van der Waals surface area (Å²) < 4.78 is 16.8. The molecule has 6 nitrogen and oxygen atoms in total. The van der Waals surface area contributed by atoms with Gasteiger partial charge in [-0.15, -0.1) is 0 Å².